The van der Waals surface area contributed by atoms with Crippen molar-refractivity contribution < 1.29 is 4.74 Å². The molecule has 1 rings (SSSR count). The maximum absolute atomic E-state index is 5.27. The van der Waals surface area contributed by atoms with Crippen LogP contribution in [0.1, 0.15) is 173 Å². The van der Waals surface area contributed by atoms with E-state index < -0.39 is 0 Å². The van der Waals surface area contributed by atoms with E-state index in [0.29, 0.717) is 11.6 Å². The van der Waals surface area contributed by atoms with Crippen molar-refractivity contribution in [2.45, 2.75) is 185 Å². The molecule has 1 saturated carbocycles. The van der Waals surface area contributed by atoms with Crippen molar-refractivity contribution in [1.29, 1.82) is 0 Å². The normalized spacial score (nSPS) is 12.0. The molecule has 0 saturated heterocycles. The summed E-state index contributed by atoms with van der Waals surface area (Å²) in [6.07, 6.45) is 17.6. The summed E-state index contributed by atoms with van der Waals surface area (Å²) in [5.41, 5.74) is 0.539. The quantitative estimate of drug-likeness (QED) is 0.0902. The molecule has 0 amide bonds. The van der Waals surface area contributed by atoms with Crippen LogP contribution in [0.3, 0.4) is 0 Å². The van der Waals surface area contributed by atoms with E-state index in [1.165, 1.54) is 77.2 Å². The lowest BCUT2D eigenvalue weighted by Crippen LogP contribution is -2.36. The predicted molar refractivity (Wildman–Crippen MR) is 193 cm³/mol. The van der Waals surface area contributed by atoms with Crippen LogP contribution < -0.4 is 10.6 Å². The topological polar surface area (TPSA) is 33.3 Å². The van der Waals surface area contributed by atoms with E-state index in [0.717, 1.165) is 44.4 Å². The van der Waals surface area contributed by atoms with Gasteiger partial charge in [0.15, 0.2) is 0 Å². The van der Waals surface area contributed by atoms with E-state index in [2.05, 4.69) is 91.0 Å². The number of unbranched alkanes of at least 4 members (excludes halogenated alkanes) is 7. The van der Waals surface area contributed by atoms with Gasteiger partial charge in [-0.15, -0.1) is 25.0 Å². The van der Waals surface area contributed by atoms with Crippen LogP contribution in [-0.2, 0) is 4.74 Å². The molecule has 0 radical (unpaired) electrons. The number of rotatable bonds is 19. The molecule has 3 nitrogen and oxygen atoms in total. The summed E-state index contributed by atoms with van der Waals surface area (Å²) in [4.78, 5) is 0. The van der Waals surface area contributed by atoms with Gasteiger partial charge in [0.1, 0.15) is 0 Å². The van der Waals surface area contributed by atoms with Crippen molar-refractivity contribution in [3.8, 4) is 11.8 Å². The SMILES string of the molecule is C=C.CC.CC.CC#CCCC.CC(C)CCCCCCCCCNC1(C(C)C)CC1.CCCOCCNC(C)C. The Bertz CT molecular complexity index is 486. The fourth-order valence-electron chi connectivity index (χ4n) is 3.91. The number of ether oxygens (including phenoxy) is 1. The van der Waals surface area contributed by atoms with Gasteiger partial charge >= 0.3 is 0 Å². The molecule has 1 aliphatic rings. The zero-order valence-electron chi connectivity index (χ0n) is 31.1. The fourth-order valence-corrected chi connectivity index (χ4v) is 3.91. The molecule has 41 heavy (non-hydrogen) atoms. The van der Waals surface area contributed by atoms with Crippen LogP contribution in [0.5, 0.6) is 0 Å². The highest BCUT2D eigenvalue weighted by Crippen LogP contribution is 2.41. The molecular weight excluding hydrogens is 500 g/mol. The van der Waals surface area contributed by atoms with E-state index >= 15 is 0 Å². The minimum atomic E-state index is 0.539. The lowest BCUT2D eigenvalue weighted by Gasteiger charge is -2.21. The molecular formula is C38H82N2O. The summed E-state index contributed by atoms with van der Waals surface area (Å²) in [5.74, 6) is 7.47. The van der Waals surface area contributed by atoms with Gasteiger partial charge in [-0.25, -0.2) is 0 Å². The van der Waals surface area contributed by atoms with Gasteiger partial charge in [-0.2, -0.15) is 0 Å². The number of hydrogen-bond acceptors (Lipinski definition) is 3. The molecule has 0 aliphatic heterocycles. The Morgan fingerprint density at radius 3 is 1.61 bits per heavy atom. The van der Waals surface area contributed by atoms with Crippen LogP contribution in [0.15, 0.2) is 13.2 Å². The minimum Gasteiger partial charge on any atom is -0.380 e. The molecule has 1 fully saturated rings. The molecule has 3 heteroatoms. The molecule has 1 aliphatic carbocycles. The van der Waals surface area contributed by atoms with Crippen molar-refractivity contribution in [2.24, 2.45) is 11.8 Å². The van der Waals surface area contributed by atoms with Crippen molar-refractivity contribution in [3.63, 3.8) is 0 Å². The highest BCUT2D eigenvalue weighted by atomic mass is 16.5. The average Bonchev–Trinajstić information content (AvgIpc) is 3.78. The van der Waals surface area contributed by atoms with Crippen molar-refractivity contribution in [2.75, 3.05) is 26.3 Å². The van der Waals surface area contributed by atoms with Gasteiger partial charge in [0, 0.05) is 31.2 Å². The zero-order valence-corrected chi connectivity index (χ0v) is 31.1. The Hall–Kier alpha value is -0.820. The maximum Gasteiger partial charge on any atom is 0.0590 e. The summed E-state index contributed by atoms with van der Waals surface area (Å²) >= 11 is 0. The average molecular weight is 583 g/mol. The third kappa shape index (κ3) is 46.4. The van der Waals surface area contributed by atoms with Crippen LogP contribution in [0.25, 0.3) is 0 Å². The second-order valence-electron chi connectivity index (χ2n) is 11.3. The predicted octanol–water partition coefficient (Wildman–Crippen LogP) is 11.6. The summed E-state index contributed by atoms with van der Waals surface area (Å²) in [5, 5.41) is 7.07. The molecule has 0 bridgehead atoms. The van der Waals surface area contributed by atoms with Gasteiger partial charge in [-0.3, -0.25) is 0 Å². The first-order valence-electron chi connectivity index (χ1n) is 17.7. The second kappa shape index (κ2) is 43.6. The standard InChI is InChI=1S/C18H37N.C8H19NO.C6H10.2C2H6.C2H4/c1-16(2)12-10-8-6-5-7-9-11-15-19-18(13-14-18)17(3)4;1-4-6-10-7-5-9-8(2)3;1-3-5-6-4-2;3*1-2/h16-17,19H,5-15H2,1-4H3;8-9H,4-7H2,1-3H3;3,5H2,1-2H3;2*1-2H3;1-2H2. The number of nitrogens with one attached hydrogen (secondary N) is 2. The third-order valence-electron chi connectivity index (χ3n) is 6.53. The Kier molecular flexibility index (Phi) is 53.0. The molecule has 250 valence electrons. The Morgan fingerprint density at radius 1 is 0.732 bits per heavy atom. The van der Waals surface area contributed by atoms with Gasteiger partial charge in [0.25, 0.3) is 0 Å². The van der Waals surface area contributed by atoms with Gasteiger partial charge in [-0.05, 0) is 57.4 Å². The zero-order chi connectivity index (χ0) is 32.8. The first kappa shape index (κ1) is 49.8. The summed E-state index contributed by atoms with van der Waals surface area (Å²) in [6, 6.07) is 0.574. The van der Waals surface area contributed by atoms with Crippen molar-refractivity contribution >= 4 is 0 Å². The molecule has 0 unspecified atom stereocenters. The number of hydrogen-bond donors (Lipinski definition) is 2. The van der Waals surface area contributed by atoms with Crippen molar-refractivity contribution in [1.82, 2.24) is 10.6 Å². The van der Waals surface area contributed by atoms with Gasteiger partial charge in [-0.1, -0.05) is 128 Å². The van der Waals surface area contributed by atoms with Crippen LogP contribution in [0.2, 0.25) is 0 Å². The lowest BCUT2D eigenvalue weighted by atomic mass is 10.0. The van der Waals surface area contributed by atoms with Gasteiger partial charge in [0.05, 0.1) is 6.61 Å². The molecule has 2 N–H and O–H groups in total. The molecule has 0 heterocycles. The molecule has 0 aromatic heterocycles. The fraction of sp³-hybridized carbons (Fsp3) is 0.895. The summed E-state index contributed by atoms with van der Waals surface area (Å²) < 4.78 is 5.27. The summed E-state index contributed by atoms with van der Waals surface area (Å²) in [6.45, 7) is 37.7. The van der Waals surface area contributed by atoms with Crippen LogP contribution in [-0.4, -0.2) is 37.9 Å². The summed E-state index contributed by atoms with van der Waals surface area (Å²) in [7, 11) is 0. The Morgan fingerprint density at radius 2 is 1.24 bits per heavy atom. The Balaban J connectivity index is -0.000000165. The minimum absolute atomic E-state index is 0.539. The molecule has 0 atom stereocenters. The second-order valence-corrected chi connectivity index (χ2v) is 11.3. The van der Waals surface area contributed by atoms with Gasteiger partial charge in [0.2, 0.25) is 0 Å². The van der Waals surface area contributed by atoms with Crippen LogP contribution in [0, 0.1) is 23.7 Å². The van der Waals surface area contributed by atoms with Crippen LogP contribution in [0.4, 0.5) is 0 Å². The Labute approximate surface area is 263 Å². The van der Waals surface area contributed by atoms with E-state index in [4.69, 9.17) is 4.74 Å². The molecule has 0 aromatic carbocycles. The monoisotopic (exact) mass is 583 g/mol. The maximum atomic E-state index is 5.27. The lowest BCUT2D eigenvalue weighted by molar-refractivity contribution is 0.135. The highest BCUT2D eigenvalue weighted by molar-refractivity contribution is 5.03. The smallest absolute Gasteiger partial charge is 0.0590 e. The highest BCUT2D eigenvalue weighted by Gasteiger charge is 2.44. The van der Waals surface area contributed by atoms with E-state index in [1.54, 1.807) is 0 Å². The van der Waals surface area contributed by atoms with E-state index in [9.17, 15) is 0 Å². The van der Waals surface area contributed by atoms with Gasteiger partial charge < -0.3 is 15.4 Å². The first-order valence-corrected chi connectivity index (χ1v) is 17.7. The van der Waals surface area contributed by atoms with E-state index in [1.807, 2.05) is 34.6 Å². The van der Waals surface area contributed by atoms with E-state index in [-0.39, 0.29) is 0 Å². The largest absolute Gasteiger partial charge is 0.380 e. The third-order valence-corrected chi connectivity index (χ3v) is 6.53. The first-order chi connectivity index (χ1) is 19.8. The molecule has 0 spiro atoms. The van der Waals surface area contributed by atoms with Crippen LogP contribution >= 0.6 is 0 Å². The molecule has 0 aromatic rings. The van der Waals surface area contributed by atoms with Crippen molar-refractivity contribution in [3.05, 3.63) is 13.2 Å².